The molecular formula is C25H32N2O3. The van der Waals surface area contributed by atoms with Crippen LogP contribution < -0.4 is 9.47 Å². The minimum Gasteiger partial charge on any atom is -0.493 e. The average molecular weight is 409 g/mol. The van der Waals surface area contributed by atoms with Crippen molar-refractivity contribution in [3.05, 3.63) is 48.2 Å². The maximum Gasteiger partial charge on any atom is 0.161 e. The molecule has 2 N–H and O–H groups in total. The first-order valence-electron chi connectivity index (χ1n) is 10.8. The predicted octanol–water partition coefficient (Wildman–Crippen LogP) is 4.69. The van der Waals surface area contributed by atoms with E-state index in [-0.39, 0.29) is 6.61 Å². The minimum absolute atomic E-state index is 0.289. The number of nitrogens with zero attached hydrogens (tertiary/aromatic N) is 1. The van der Waals surface area contributed by atoms with Gasteiger partial charge < -0.3 is 19.6 Å². The Hall–Kier alpha value is -2.50. The molecule has 0 radical (unpaired) electrons. The van der Waals surface area contributed by atoms with E-state index in [1.807, 2.05) is 6.07 Å². The van der Waals surface area contributed by atoms with Gasteiger partial charge in [-0.2, -0.15) is 0 Å². The third-order valence-corrected chi connectivity index (χ3v) is 5.77. The average Bonchev–Trinajstić information content (AvgIpc) is 3.37. The van der Waals surface area contributed by atoms with Crippen molar-refractivity contribution in [2.45, 2.75) is 26.8 Å². The van der Waals surface area contributed by atoms with E-state index in [0.717, 1.165) is 54.2 Å². The molecule has 0 unspecified atom stereocenters. The van der Waals surface area contributed by atoms with Gasteiger partial charge in [-0.15, -0.1) is 0 Å². The number of hydrogen-bond acceptors (Lipinski definition) is 4. The third-order valence-electron chi connectivity index (χ3n) is 5.77. The van der Waals surface area contributed by atoms with Crippen LogP contribution in [0, 0.1) is 11.8 Å². The Morgan fingerprint density at radius 1 is 1.10 bits per heavy atom. The molecule has 1 fully saturated rings. The van der Waals surface area contributed by atoms with Crippen LogP contribution in [-0.2, 0) is 6.54 Å². The van der Waals surface area contributed by atoms with Gasteiger partial charge in [-0.1, -0.05) is 26.0 Å². The van der Waals surface area contributed by atoms with Crippen LogP contribution in [0.5, 0.6) is 11.5 Å². The first-order valence-corrected chi connectivity index (χ1v) is 10.8. The van der Waals surface area contributed by atoms with Crippen molar-refractivity contribution in [1.82, 2.24) is 9.88 Å². The van der Waals surface area contributed by atoms with E-state index in [1.54, 1.807) is 7.11 Å². The number of rotatable bonds is 8. The predicted molar refractivity (Wildman–Crippen MR) is 121 cm³/mol. The maximum atomic E-state index is 9.36. The van der Waals surface area contributed by atoms with Gasteiger partial charge in [0.2, 0.25) is 0 Å². The highest BCUT2D eigenvalue weighted by Crippen LogP contribution is 2.34. The molecule has 5 nitrogen and oxygen atoms in total. The molecule has 3 aromatic rings. The first-order chi connectivity index (χ1) is 14.6. The van der Waals surface area contributed by atoms with E-state index >= 15 is 0 Å². The largest absolute Gasteiger partial charge is 0.493 e. The van der Waals surface area contributed by atoms with Gasteiger partial charge in [0.25, 0.3) is 0 Å². The van der Waals surface area contributed by atoms with Gasteiger partial charge in [-0.25, -0.2) is 0 Å². The molecule has 1 aliphatic rings. The fraction of sp³-hybridized carbons (Fsp3) is 0.440. The van der Waals surface area contributed by atoms with Crippen LogP contribution >= 0.6 is 0 Å². The highest BCUT2D eigenvalue weighted by atomic mass is 16.5. The molecule has 0 spiro atoms. The Morgan fingerprint density at radius 2 is 1.90 bits per heavy atom. The van der Waals surface area contributed by atoms with Gasteiger partial charge in [0.1, 0.15) is 0 Å². The summed E-state index contributed by atoms with van der Waals surface area (Å²) in [5.74, 6) is 2.42. The zero-order valence-electron chi connectivity index (χ0n) is 18.1. The number of methoxy groups -OCH3 is 1. The van der Waals surface area contributed by atoms with Crippen molar-refractivity contribution in [2.75, 3.05) is 33.4 Å². The Bertz CT molecular complexity index is 995. The molecule has 1 saturated heterocycles. The van der Waals surface area contributed by atoms with Crippen molar-refractivity contribution >= 4 is 10.9 Å². The van der Waals surface area contributed by atoms with Gasteiger partial charge in [0, 0.05) is 36.3 Å². The summed E-state index contributed by atoms with van der Waals surface area (Å²) < 4.78 is 11.5. The number of aliphatic hydroxyl groups is 1. The molecule has 1 aliphatic heterocycles. The molecule has 1 aromatic heterocycles. The molecule has 2 heterocycles. The number of benzene rings is 2. The van der Waals surface area contributed by atoms with E-state index in [9.17, 15) is 5.11 Å². The molecule has 1 atom stereocenters. The summed E-state index contributed by atoms with van der Waals surface area (Å²) in [7, 11) is 1.67. The number of fused-ring (bicyclic) bond motifs is 1. The Balaban J connectivity index is 1.55. The third kappa shape index (κ3) is 4.63. The summed E-state index contributed by atoms with van der Waals surface area (Å²) in [6, 6.07) is 14.9. The van der Waals surface area contributed by atoms with E-state index in [4.69, 9.17) is 9.47 Å². The molecule has 0 bridgehead atoms. The fourth-order valence-corrected chi connectivity index (χ4v) is 4.13. The van der Waals surface area contributed by atoms with Crippen LogP contribution in [0.2, 0.25) is 0 Å². The lowest BCUT2D eigenvalue weighted by molar-refractivity contribution is 0.219. The summed E-state index contributed by atoms with van der Waals surface area (Å²) in [4.78, 5) is 5.96. The van der Waals surface area contributed by atoms with Crippen LogP contribution in [0.1, 0.15) is 26.0 Å². The summed E-state index contributed by atoms with van der Waals surface area (Å²) in [5.41, 5.74) is 4.64. The van der Waals surface area contributed by atoms with Gasteiger partial charge in [-0.3, -0.25) is 4.90 Å². The fourth-order valence-electron chi connectivity index (χ4n) is 4.13. The highest BCUT2D eigenvalue weighted by Gasteiger charge is 2.22. The van der Waals surface area contributed by atoms with Crippen LogP contribution in [-0.4, -0.2) is 48.4 Å². The quantitative estimate of drug-likeness (QED) is 0.568. The van der Waals surface area contributed by atoms with Gasteiger partial charge in [0.05, 0.1) is 13.7 Å². The lowest BCUT2D eigenvalue weighted by Crippen LogP contribution is -2.21. The molecule has 2 aromatic carbocycles. The number of ether oxygens (including phenoxy) is 2. The molecular weight excluding hydrogens is 376 g/mol. The Morgan fingerprint density at radius 3 is 2.63 bits per heavy atom. The molecule has 0 aliphatic carbocycles. The topological polar surface area (TPSA) is 57.7 Å². The summed E-state index contributed by atoms with van der Waals surface area (Å²) in [5, 5.41) is 10.6. The Labute approximate surface area is 178 Å². The Kier molecular flexibility index (Phi) is 6.30. The van der Waals surface area contributed by atoms with Crippen LogP contribution in [0.15, 0.2) is 42.5 Å². The van der Waals surface area contributed by atoms with Gasteiger partial charge in [-0.05, 0) is 66.3 Å². The molecule has 4 rings (SSSR count). The van der Waals surface area contributed by atoms with Crippen molar-refractivity contribution in [1.29, 1.82) is 0 Å². The molecule has 160 valence electrons. The van der Waals surface area contributed by atoms with Crippen LogP contribution in [0.3, 0.4) is 0 Å². The highest BCUT2D eigenvalue weighted by molar-refractivity contribution is 5.86. The van der Waals surface area contributed by atoms with Gasteiger partial charge in [0.15, 0.2) is 11.5 Å². The molecule has 5 heteroatoms. The number of H-pyrrole nitrogens is 1. The molecule has 30 heavy (non-hydrogen) atoms. The number of hydrogen-bond donors (Lipinski definition) is 2. The minimum atomic E-state index is 0.289. The van der Waals surface area contributed by atoms with Gasteiger partial charge >= 0.3 is 0 Å². The first kappa shape index (κ1) is 20.8. The second-order valence-electron chi connectivity index (χ2n) is 8.74. The standard InChI is InChI=1S/C25H32N2O3/c1-17(2)16-30-25-12-20(5-7-24(25)29-3)19-4-6-23-21(10-19)11-22(26-23)14-27-9-8-18(13-27)15-28/h4-7,10-12,17-18,26,28H,8-9,13-16H2,1-3H3/t18-/m1/s1. The van der Waals surface area contributed by atoms with E-state index in [1.165, 1.54) is 11.1 Å². The van der Waals surface area contributed by atoms with Crippen molar-refractivity contribution in [3.8, 4) is 22.6 Å². The summed E-state index contributed by atoms with van der Waals surface area (Å²) >= 11 is 0. The number of aliphatic hydroxyl groups excluding tert-OH is 1. The van der Waals surface area contributed by atoms with Crippen LogP contribution in [0.25, 0.3) is 22.0 Å². The molecule has 0 amide bonds. The zero-order chi connectivity index (χ0) is 21.1. The number of aromatic nitrogens is 1. The zero-order valence-corrected chi connectivity index (χ0v) is 18.1. The van der Waals surface area contributed by atoms with E-state index < -0.39 is 0 Å². The van der Waals surface area contributed by atoms with E-state index in [2.05, 4.69) is 60.1 Å². The monoisotopic (exact) mass is 408 g/mol. The van der Waals surface area contributed by atoms with Crippen molar-refractivity contribution < 1.29 is 14.6 Å². The number of nitrogens with one attached hydrogen (secondary N) is 1. The number of likely N-dealkylation sites (tertiary alicyclic amines) is 1. The maximum absolute atomic E-state index is 9.36. The normalized spacial score (nSPS) is 17.2. The van der Waals surface area contributed by atoms with Crippen molar-refractivity contribution in [3.63, 3.8) is 0 Å². The molecule has 0 saturated carbocycles. The summed E-state index contributed by atoms with van der Waals surface area (Å²) in [6.45, 7) is 8.15. The second-order valence-corrected chi connectivity index (χ2v) is 8.74. The number of aromatic amines is 1. The lowest BCUT2D eigenvalue weighted by Gasteiger charge is -2.14. The smallest absolute Gasteiger partial charge is 0.161 e. The SMILES string of the molecule is COc1ccc(-c2ccc3[nH]c(CN4CC[C@@H](CO)C4)cc3c2)cc1OCC(C)C. The van der Waals surface area contributed by atoms with Crippen molar-refractivity contribution in [2.24, 2.45) is 11.8 Å². The van der Waals surface area contributed by atoms with Crippen LogP contribution in [0.4, 0.5) is 0 Å². The summed E-state index contributed by atoms with van der Waals surface area (Å²) in [6.07, 6.45) is 1.08. The second kappa shape index (κ2) is 9.11. The lowest BCUT2D eigenvalue weighted by atomic mass is 10.0. The van der Waals surface area contributed by atoms with E-state index in [0.29, 0.717) is 18.4 Å².